The standard InChI is InChI=1S/C10H22B/c1-7(2)9(5)11-10(6)8(3)4/h7-10H,1-6H3/q-1. The topological polar surface area (TPSA) is 0 Å². The molecule has 0 aliphatic heterocycles. The van der Waals surface area contributed by atoms with E-state index in [1.54, 1.807) is 0 Å². The zero-order valence-corrected chi connectivity index (χ0v) is 8.89. The van der Waals surface area contributed by atoms with Gasteiger partial charge < -0.3 is 7.28 Å². The first kappa shape index (κ1) is 11.1. The van der Waals surface area contributed by atoms with Crippen molar-refractivity contribution in [1.82, 2.24) is 0 Å². The largest absolute Gasteiger partial charge is 0.328 e. The first-order chi connectivity index (χ1) is 4.95. The minimum atomic E-state index is 0.757. The van der Waals surface area contributed by atoms with Gasteiger partial charge in [-0.05, 0) is 0 Å². The van der Waals surface area contributed by atoms with Gasteiger partial charge in [-0.15, -0.1) is 0 Å². The van der Waals surface area contributed by atoms with Gasteiger partial charge in [-0.25, -0.2) is 11.6 Å². The van der Waals surface area contributed by atoms with Crippen LogP contribution in [-0.2, 0) is 0 Å². The molecule has 0 aromatic rings. The molecular formula is C10H22B-. The van der Waals surface area contributed by atoms with Crippen molar-refractivity contribution in [3.63, 3.8) is 0 Å². The van der Waals surface area contributed by atoms with Crippen LogP contribution in [-0.4, -0.2) is 7.28 Å². The molecule has 66 valence electrons. The maximum absolute atomic E-state index is 2.48. The van der Waals surface area contributed by atoms with Gasteiger partial charge in [0.2, 0.25) is 0 Å². The summed E-state index contributed by atoms with van der Waals surface area (Å²) in [4.78, 5) is 0. The molecule has 0 nitrogen and oxygen atoms in total. The summed E-state index contributed by atoms with van der Waals surface area (Å²) in [6.45, 7) is 13.8. The van der Waals surface area contributed by atoms with E-state index in [0.717, 1.165) is 23.5 Å². The van der Waals surface area contributed by atoms with Crippen LogP contribution in [0.3, 0.4) is 0 Å². The lowest BCUT2D eigenvalue weighted by atomic mass is 9.50. The predicted molar refractivity (Wildman–Crippen MR) is 54.3 cm³/mol. The molecule has 11 heavy (non-hydrogen) atoms. The van der Waals surface area contributed by atoms with Crippen LogP contribution in [0.2, 0.25) is 11.6 Å². The molecule has 0 saturated carbocycles. The van der Waals surface area contributed by atoms with Crippen molar-refractivity contribution >= 4 is 7.28 Å². The van der Waals surface area contributed by atoms with Crippen LogP contribution >= 0.6 is 0 Å². The van der Waals surface area contributed by atoms with Crippen molar-refractivity contribution in [2.24, 2.45) is 11.8 Å². The van der Waals surface area contributed by atoms with Crippen molar-refractivity contribution < 1.29 is 0 Å². The first-order valence-electron chi connectivity index (χ1n) is 4.80. The summed E-state index contributed by atoms with van der Waals surface area (Å²) in [7, 11) is 2.48. The Kier molecular flexibility index (Phi) is 4.87. The van der Waals surface area contributed by atoms with E-state index in [0.29, 0.717) is 0 Å². The third-order valence-electron chi connectivity index (χ3n) is 2.71. The molecule has 1 heteroatoms. The zero-order chi connectivity index (χ0) is 9.02. The Labute approximate surface area is 73.0 Å². The molecule has 0 aliphatic rings. The molecule has 2 unspecified atom stereocenters. The molecule has 0 aromatic heterocycles. The van der Waals surface area contributed by atoms with E-state index in [1.165, 1.54) is 0 Å². The van der Waals surface area contributed by atoms with Crippen LogP contribution < -0.4 is 0 Å². The molecule has 0 bridgehead atoms. The van der Waals surface area contributed by atoms with Gasteiger partial charge in [0.05, 0.1) is 0 Å². The summed E-state index contributed by atoms with van der Waals surface area (Å²) in [5.41, 5.74) is 0. The molecule has 0 heterocycles. The molecule has 0 rings (SSSR count). The summed E-state index contributed by atoms with van der Waals surface area (Å²) in [6.07, 6.45) is 0. The maximum atomic E-state index is 2.48. The van der Waals surface area contributed by atoms with Crippen LogP contribution in [0.25, 0.3) is 0 Å². The number of rotatable bonds is 4. The lowest BCUT2D eigenvalue weighted by molar-refractivity contribution is 0.575. The summed E-state index contributed by atoms with van der Waals surface area (Å²) in [5, 5.41) is 0. The summed E-state index contributed by atoms with van der Waals surface area (Å²) < 4.78 is 0. The maximum Gasteiger partial charge on any atom is -0.0657 e. The highest BCUT2D eigenvalue weighted by atomic mass is 14.1. The minimum absolute atomic E-state index is 0.757. The molecule has 0 aromatic carbocycles. The van der Waals surface area contributed by atoms with E-state index in [9.17, 15) is 0 Å². The SMILES string of the molecule is CC(C)C(C)[B-]C(C)C(C)C. The zero-order valence-electron chi connectivity index (χ0n) is 8.89. The van der Waals surface area contributed by atoms with E-state index in [4.69, 9.17) is 0 Å². The molecule has 0 saturated heterocycles. The first-order valence-corrected chi connectivity index (χ1v) is 4.80. The van der Waals surface area contributed by atoms with Crippen molar-refractivity contribution in [3.8, 4) is 0 Å². The van der Waals surface area contributed by atoms with E-state index >= 15 is 0 Å². The van der Waals surface area contributed by atoms with E-state index in [1.807, 2.05) is 0 Å². The van der Waals surface area contributed by atoms with Crippen LogP contribution in [0.5, 0.6) is 0 Å². The average molecular weight is 153 g/mol. The van der Waals surface area contributed by atoms with Crippen LogP contribution in [0.15, 0.2) is 0 Å². The fraction of sp³-hybridized carbons (Fsp3) is 1.00. The van der Waals surface area contributed by atoms with Gasteiger partial charge in [0.25, 0.3) is 0 Å². The predicted octanol–water partition coefficient (Wildman–Crippen LogP) is 3.62. The Morgan fingerprint density at radius 1 is 0.636 bits per heavy atom. The highest BCUT2D eigenvalue weighted by molar-refractivity contribution is 6.39. The van der Waals surface area contributed by atoms with Gasteiger partial charge in [-0.2, -0.15) is 0 Å². The molecule has 0 N–H and O–H groups in total. The van der Waals surface area contributed by atoms with Crippen molar-refractivity contribution in [2.45, 2.75) is 53.2 Å². The molecule has 0 spiro atoms. The molecular weight excluding hydrogens is 131 g/mol. The Morgan fingerprint density at radius 2 is 0.909 bits per heavy atom. The Balaban J connectivity index is 3.66. The second-order valence-electron chi connectivity index (χ2n) is 4.40. The van der Waals surface area contributed by atoms with E-state index in [-0.39, 0.29) is 0 Å². The fourth-order valence-electron chi connectivity index (χ4n) is 0.923. The summed E-state index contributed by atoms with van der Waals surface area (Å²) >= 11 is 0. The second kappa shape index (κ2) is 4.85. The van der Waals surface area contributed by atoms with E-state index < -0.39 is 0 Å². The van der Waals surface area contributed by atoms with Crippen molar-refractivity contribution in [1.29, 1.82) is 0 Å². The Bertz CT molecular complexity index is 85.0. The molecule has 0 amide bonds. The molecule has 0 aliphatic carbocycles. The highest BCUT2D eigenvalue weighted by Gasteiger charge is 2.01. The van der Waals surface area contributed by atoms with Crippen LogP contribution in [0.4, 0.5) is 0 Å². The molecule has 2 atom stereocenters. The second-order valence-corrected chi connectivity index (χ2v) is 4.40. The van der Waals surface area contributed by atoms with Gasteiger partial charge in [0, 0.05) is 0 Å². The fourth-order valence-corrected chi connectivity index (χ4v) is 0.923. The lowest BCUT2D eigenvalue weighted by Gasteiger charge is -2.36. The van der Waals surface area contributed by atoms with Gasteiger partial charge in [0.1, 0.15) is 0 Å². The monoisotopic (exact) mass is 153 g/mol. The Morgan fingerprint density at radius 3 is 1.09 bits per heavy atom. The summed E-state index contributed by atoms with van der Waals surface area (Å²) in [5.74, 6) is 3.09. The van der Waals surface area contributed by atoms with Crippen molar-refractivity contribution in [2.75, 3.05) is 0 Å². The lowest BCUT2D eigenvalue weighted by Crippen LogP contribution is -2.14. The number of hydrogen-bond donors (Lipinski definition) is 0. The molecule has 0 fully saturated rings. The quantitative estimate of drug-likeness (QED) is 0.541. The van der Waals surface area contributed by atoms with E-state index in [2.05, 4.69) is 48.8 Å². The smallest absolute Gasteiger partial charge is 0.0657 e. The molecule has 2 radical (unpaired) electrons. The third kappa shape index (κ3) is 4.50. The third-order valence-corrected chi connectivity index (χ3v) is 2.71. The Hall–Kier alpha value is 0.0649. The normalized spacial score (nSPS) is 17.5. The van der Waals surface area contributed by atoms with Crippen molar-refractivity contribution in [3.05, 3.63) is 0 Å². The van der Waals surface area contributed by atoms with Gasteiger partial charge in [-0.3, -0.25) is 0 Å². The highest BCUT2D eigenvalue weighted by Crippen LogP contribution is 2.24. The van der Waals surface area contributed by atoms with Gasteiger partial charge in [-0.1, -0.05) is 53.4 Å². The summed E-state index contributed by atoms with van der Waals surface area (Å²) in [6, 6.07) is 0. The number of hydrogen-bond acceptors (Lipinski definition) is 0. The minimum Gasteiger partial charge on any atom is -0.328 e. The van der Waals surface area contributed by atoms with Gasteiger partial charge in [0.15, 0.2) is 0 Å². The van der Waals surface area contributed by atoms with Crippen LogP contribution in [0, 0.1) is 11.8 Å². The average Bonchev–Trinajstić information content (AvgIpc) is 1.87. The van der Waals surface area contributed by atoms with Crippen LogP contribution in [0.1, 0.15) is 41.5 Å². The van der Waals surface area contributed by atoms with Gasteiger partial charge >= 0.3 is 0 Å².